The Labute approximate surface area is 214 Å². The first kappa shape index (κ1) is 24.2. The van der Waals surface area contributed by atoms with Gasteiger partial charge in [0.1, 0.15) is 30.5 Å². The van der Waals surface area contributed by atoms with Crippen LogP contribution in [0, 0.1) is 13.8 Å². The fraction of sp³-hybridized carbons (Fsp3) is 0.241. The van der Waals surface area contributed by atoms with Crippen molar-refractivity contribution >= 4 is 23.1 Å². The molecule has 5 rings (SSSR count). The van der Waals surface area contributed by atoms with E-state index < -0.39 is 17.7 Å². The van der Waals surface area contributed by atoms with Gasteiger partial charge in [-0.05, 0) is 55.3 Å². The van der Waals surface area contributed by atoms with Gasteiger partial charge in [0.15, 0.2) is 11.5 Å². The number of hydrogen-bond donors (Lipinski definition) is 1. The summed E-state index contributed by atoms with van der Waals surface area (Å²) in [6.45, 7) is 4.46. The van der Waals surface area contributed by atoms with Crippen molar-refractivity contribution in [1.82, 2.24) is 0 Å². The molecule has 1 saturated heterocycles. The molecule has 8 heteroatoms. The molecule has 0 radical (unpaired) electrons. The second kappa shape index (κ2) is 9.54. The third-order valence-electron chi connectivity index (χ3n) is 6.68. The lowest BCUT2D eigenvalue weighted by molar-refractivity contribution is -0.132. The number of Topliss-reactive ketones (excluding diaryl/α,β-unsaturated/α-hetero) is 1. The van der Waals surface area contributed by atoms with Crippen molar-refractivity contribution in [1.29, 1.82) is 0 Å². The standard InChI is InChI=1S/C29H27NO7/c1-16-14-23(35-4)17(2)13-20(16)27(31)25-26(19-7-5-6-8-21(19)34-3)30(29(33)28(25)32)18-9-10-22-24(15-18)37-12-11-36-22/h5-10,13-15,26,31H,11-12H2,1-4H3/b27-25+. The smallest absolute Gasteiger partial charge is 0.300 e. The summed E-state index contributed by atoms with van der Waals surface area (Å²) in [6.07, 6.45) is 0. The predicted octanol–water partition coefficient (Wildman–Crippen LogP) is 4.72. The van der Waals surface area contributed by atoms with Crippen LogP contribution in [0.3, 0.4) is 0 Å². The minimum absolute atomic E-state index is 0.0305. The molecule has 37 heavy (non-hydrogen) atoms. The molecule has 190 valence electrons. The maximum absolute atomic E-state index is 13.6. The molecule has 1 N–H and O–H groups in total. The molecule has 1 amide bonds. The van der Waals surface area contributed by atoms with Crippen LogP contribution in [0.25, 0.3) is 5.76 Å². The minimum Gasteiger partial charge on any atom is -0.507 e. The van der Waals surface area contributed by atoms with E-state index in [0.29, 0.717) is 58.6 Å². The summed E-state index contributed by atoms with van der Waals surface area (Å²) >= 11 is 0. The summed E-state index contributed by atoms with van der Waals surface area (Å²) in [6, 6.07) is 14.8. The second-order valence-electron chi connectivity index (χ2n) is 8.88. The van der Waals surface area contributed by atoms with Gasteiger partial charge in [0, 0.05) is 22.9 Å². The van der Waals surface area contributed by atoms with E-state index in [1.54, 1.807) is 61.7 Å². The van der Waals surface area contributed by atoms with E-state index in [4.69, 9.17) is 18.9 Å². The number of anilines is 1. The third-order valence-corrected chi connectivity index (χ3v) is 6.68. The largest absolute Gasteiger partial charge is 0.507 e. The van der Waals surface area contributed by atoms with Gasteiger partial charge in [0.25, 0.3) is 11.7 Å². The zero-order chi connectivity index (χ0) is 26.3. The fourth-order valence-electron chi connectivity index (χ4n) is 4.88. The van der Waals surface area contributed by atoms with Crippen molar-refractivity contribution in [2.45, 2.75) is 19.9 Å². The number of aryl methyl sites for hydroxylation is 2. The van der Waals surface area contributed by atoms with Crippen LogP contribution in [0.2, 0.25) is 0 Å². The van der Waals surface area contributed by atoms with Crippen LogP contribution >= 0.6 is 0 Å². The lowest BCUT2D eigenvalue weighted by atomic mass is 9.92. The quantitative estimate of drug-likeness (QED) is 0.307. The molecule has 1 atom stereocenters. The van der Waals surface area contributed by atoms with Crippen LogP contribution in [0.4, 0.5) is 5.69 Å². The summed E-state index contributed by atoms with van der Waals surface area (Å²) in [5.74, 6) is 0.346. The number of amides is 1. The number of aliphatic hydroxyl groups is 1. The molecule has 0 aromatic heterocycles. The van der Waals surface area contributed by atoms with E-state index in [-0.39, 0.29) is 11.3 Å². The number of fused-ring (bicyclic) bond motifs is 1. The maximum Gasteiger partial charge on any atom is 0.300 e. The molecule has 0 spiro atoms. The minimum atomic E-state index is -0.944. The molecule has 2 heterocycles. The summed E-state index contributed by atoms with van der Waals surface area (Å²) < 4.78 is 22.3. The highest BCUT2D eigenvalue weighted by atomic mass is 16.6. The lowest BCUT2D eigenvalue weighted by Crippen LogP contribution is -2.30. The summed E-state index contributed by atoms with van der Waals surface area (Å²) in [4.78, 5) is 28.5. The van der Waals surface area contributed by atoms with E-state index in [1.165, 1.54) is 12.0 Å². The predicted molar refractivity (Wildman–Crippen MR) is 138 cm³/mol. The van der Waals surface area contributed by atoms with Gasteiger partial charge in [0.05, 0.1) is 25.8 Å². The summed E-state index contributed by atoms with van der Waals surface area (Å²) in [5, 5.41) is 11.6. The molecule has 0 saturated carbocycles. The molecule has 8 nitrogen and oxygen atoms in total. The van der Waals surface area contributed by atoms with Gasteiger partial charge in [-0.25, -0.2) is 0 Å². The van der Waals surface area contributed by atoms with Crippen molar-refractivity contribution in [3.8, 4) is 23.0 Å². The Balaban J connectivity index is 1.75. The molecule has 3 aromatic rings. The second-order valence-corrected chi connectivity index (χ2v) is 8.88. The van der Waals surface area contributed by atoms with E-state index in [9.17, 15) is 14.7 Å². The van der Waals surface area contributed by atoms with Crippen molar-refractivity contribution < 1.29 is 33.6 Å². The van der Waals surface area contributed by atoms with Gasteiger partial charge >= 0.3 is 0 Å². The Morgan fingerprint density at radius 1 is 0.892 bits per heavy atom. The van der Waals surface area contributed by atoms with E-state index in [1.807, 2.05) is 13.8 Å². The van der Waals surface area contributed by atoms with Crippen LogP contribution in [-0.2, 0) is 9.59 Å². The Bertz CT molecular complexity index is 1440. The molecule has 1 unspecified atom stereocenters. The SMILES string of the molecule is COc1cc(C)c(/C(O)=C2\C(=O)C(=O)N(c3ccc4c(c3)OCCO4)C2c2ccccc2OC)cc1C. The maximum atomic E-state index is 13.6. The number of rotatable bonds is 5. The van der Waals surface area contributed by atoms with Crippen molar-refractivity contribution in [3.05, 3.63) is 82.4 Å². The number of ether oxygens (including phenoxy) is 4. The number of methoxy groups -OCH3 is 2. The Kier molecular flexibility index (Phi) is 6.25. The number of benzene rings is 3. The topological polar surface area (TPSA) is 94.5 Å². The van der Waals surface area contributed by atoms with Gasteiger partial charge < -0.3 is 24.1 Å². The fourth-order valence-corrected chi connectivity index (χ4v) is 4.88. The number of carbonyl (C=O) groups excluding carboxylic acids is 2. The molecule has 0 aliphatic carbocycles. The molecule has 0 bridgehead atoms. The number of nitrogens with zero attached hydrogens (tertiary/aromatic N) is 1. The first-order valence-corrected chi connectivity index (χ1v) is 11.8. The van der Waals surface area contributed by atoms with Gasteiger partial charge in [-0.3, -0.25) is 14.5 Å². The molecular formula is C29H27NO7. The highest BCUT2D eigenvalue weighted by Crippen LogP contribution is 2.47. The molecule has 3 aromatic carbocycles. The Morgan fingerprint density at radius 2 is 1.59 bits per heavy atom. The van der Waals surface area contributed by atoms with Crippen LogP contribution in [0.5, 0.6) is 23.0 Å². The highest BCUT2D eigenvalue weighted by Gasteiger charge is 2.48. The first-order valence-electron chi connectivity index (χ1n) is 11.8. The molecule has 2 aliphatic heterocycles. The van der Waals surface area contributed by atoms with Crippen molar-refractivity contribution in [2.75, 3.05) is 32.3 Å². The normalized spacial score (nSPS) is 18.2. The van der Waals surface area contributed by atoms with E-state index in [2.05, 4.69) is 0 Å². The number of aliphatic hydroxyl groups excluding tert-OH is 1. The Morgan fingerprint density at radius 3 is 2.32 bits per heavy atom. The van der Waals surface area contributed by atoms with Crippen LogP contribution in [0.15, 0.2) is 60.2 Å². The van der Waals surface area contributed by atoms with Gasteiger partial charge in [-0.2, -0.15) is 0 Å². The van der Waals surface area contributed by atoms with Crippen molar-refractivity contribution in [2.24, 2.45) is 0 Å². The summed E-state index contributed by atoms with van der Waals surface area (Å²) in [5.41, 5.74) is 2.89. The van der Waals surface area contributed by atoms with Gasteiger partial charge in [0.2, 0.25) is 0 Å². The number of hydrogen-bond acceptors (Lipinski definition) is 7. The zero-order valence-electron chi connectivity index (χ0n) is 21.0. The average molecular weight is 502 g/mol. The number of ketones is 1. The number of para-hydroxylation sites is 1. The lowest BCUT2D eigenvalue weighted by Gasteiger charge is -2.28. The van der Waals surface area contributed by atoms with Crippen LogP contribution < -0.4 is 23.8 Å². The Hall–Kier alpha value is -4.46. The molecule has 1 fully saturated rings. The van der Waals surface area contributed by atoms with Gasteiger partial charge in [-0.1, -0.05) is 18.2 Å². The average Bonchev–Trinajstić information content (AvgIpc) is 3.18. The molecular weight excluding hydrogens is 474 g/mol. The monoisotopic (exact) mass is 501 g/mol. The summed E-state index contributed by atoms with van der Waals surface area (Å²) in [7, 11) is 3.09. The van der Waals surface area contributed by atoms with Crippen LogP contribution in [-0.4, -0.2) is 44.2 Å². The van der Waals surface area contributed by atoms with Crippen LogP contribution in [0.1, 0.15) is 28.3 Å². The first-order chi connectivity index (χ1) is 17.8. The van der Waals surface area contributed by atoms with Gasteiger partial charge in [-0.15, -0.1) is 0 Å². The zero-order valence-corrected chi connectivity index (χ0v) is 21.0. The number of carbonyl (C=O) groups is 2. The van der Waals surface area contributed by atoms with E-state index in [0.717, 1.165) is 5.56 Å². The highest BCUT2D eigenvalue weighted by molar-refractivity contribution is 6.51. The van der Waals surface area contributed by atoms with E-state index >= 15 is 0 Å². The third kappa shape index (κ3) is 4.04. The van der Waals surface area contributed by atoms with Crippen molar-refractivity contribution in [3.63, 3.8) is 0 Å². The molecule has 2 aliphatic rings.